The summed E-state index contributed by atoms with van der Waals surface area (Å²) in [7, 11) is -3.97. The van der Waals surface area contributed by atoms with Gasteiger partial charge in [0.05, 0.1) is 0 Å². The Hall–Kier alpha value is -1.75. The highest BCUT2D eigenvalue weighted by Gasteiger charge is 2.32. The predicted octanol–water partition coefficient (Wildman–Crippen LogP) is 6.32. The van der Waals surface area contributed by atoms with Crippen LogP contribution in [0.3, 0.4) is 0 Å². The van der Waals surface area contributed by atoms with E-state index in [9.17, 15) is 8.42 Å². The number of hydrogen-bond donors (Lipinski definition) is 0. The van der Waals surface area contributed by atoms with Gasteiger partial charge in [-0.3, -0.25) is 0 Å². The first-order valence-corrected chi connectivity index (χ1v) is 11.6. The van der Waals surface area contributed by atoms with E-state index in [2.05, 4.69) is 6.92 Å². The van der Waals surface area contributed by atoms with E-state index >= 15 is 0 Å². The second-order valence-corrected chi connectivity index (χ2v) is 8.57. The van der Waals surface area contributed by atoms with Crippen LogP contribution in [0.15, 0.2) is 30.3 Å². The molecule has 3 rings (SSSR count). The van der Waals surface area contributed by atoms with Crippen LogP contribution < -0.4 is 8.37 Å². The van der Waals surface area contributed by atoms with Crippen LogP contribution in [0.5, 0.6) is 11.5 Å². The van der Waals surface area contributed by atoms with E-state index in [0.717, 1.165) is 35.6 Å². The van der Waals surface area contributed by atoms with E-state index in [0.29, 0.717) is 11.5 Å². The quantitative estimate of drug-likeness (QED) is 0.421. The molecule has 4 nitrogen and oxygen atoms in total. The summed E-state index contributed by atoms with van der Waals surface area (Å²) >= 11 is 0. The molecule has 148 valence electrons. The number of benzene rings is 2. The first-order valence-electron chi connectivity index (χ1n) is 10.3. The highest BCUT2D eigenvalue weighted by molar-refractivity contribution is 7.82. The van der Waals surface area contributed by atoms with Crippen LogP contribution in [0.25, 0.3) is 10.8 Å². The van der Waals surface area contributed by atoms with E-state index in [1.54, 1.807) is 0 Å². The molecule has 0 aliphatic carbocycles. The minimum Gasteiger partial charge on any atom is -0.348 e. The number of fused-ring (bicyclic) bond motifs is 3. The molecule has 1 aliphatic rings. The lowest BCUT2D eigenvalue weighted by Crippen LogP contribution is -2.08. The molecule has 27 heavy (non-hydrogen) atoms. The highest BCUT2D eigenvalue weighted by atomic mass is 32.3. The number of hydrogen-bond acceptors (Lipinski definition) is 4. The molecule has 5 heteroatoms. The molecule has 0 unspecified atom stereocenters. The summed E-state index contributed by atoms with van der Waals surface area (Å²) in [6, 6.07) is 9.70. The van der Waals surface area contributed by atoms with E-state index < -0.39 is 10.4 Å². The number of unbranched alkanes of at least 4 members (excludes halogenated alkanes) is 9. The number of rotatable bonds is 11. The largest absolute Gasteiger partial charge is 0.501 e. The molecule has 1 heterocycles. The molecule has 0 fully saturated rings. The standard InChI is InChI=1S/C22H30O4S/c1-2-3-4-5-6-7-8-9-10-11-15-19-17-18-14-12-13-16-20(18)22-21(19)25-27(23,24)26-22/h12-14,16-17H,2-11,15H2,1H3. The summed E-state index contributed by atoms with van der Waals surface area (Å²) in [6.07, 6.45) is 13.6. The Morgan fingerprint density at radius 1 is 0.778 bits per heavy atom. The van der Waals surface area contributed by atoms with Gasteiger partial charge in [-0.05, 0) is 24.3 Å². The average Bonchev–Trinajstić information content (AvgIpc) is 2.99. The smallest absolute Gasteiger partial charge is 0.348 e. The van der Waals surface area contributed by atoms with Crippen LogP contribution in [0.1, 0.15) is 76.7 Å². The van der Waals surface area contributed by atoms with Gasteiger partial charge >= 0.3 is 10.4 Å². The molecular formula is C22H30O4S. The van der Waals surface area contributed by atoms with Gasteiger partial charge in [0.25, 0.3) is 0 Å². The predicted molar refractivity (Wildman–Crippen MR) is 110 cm³/mol. The van der Waals surface area contributed by atoms with E-state index in [4.69, 9.17) is 8.37 Å². The van der Waals surface area contributed by atoms with Crippen molar-refractivity contribution in [1.29, 1.82) is 0 Å². The molecule has 2 aromatic carbocycles. The van der Waals surface area contributed by atoms with Crippen molar-refractivity contribution in [2.75, 3.05) is 0 Å². The summed E-state index contributed by atoms with van der Waals surface area (Å²) in [5.41, 5.74) is 0.921. The third kappa shape index (κ3) is 5.38. The molecule has 0 amide bonds. The first-order chi connectivity index (χ1) is 13.1. The van der Waals surface area contributed by atoms with Gasteiger partial charge in [-0.25, -0.2) is 0 Å². The van der Waals surface area contributed by atoms with Gasteiger partial charge in [-0.1, -0.05) is 89.0 Å². The SMILES string of the molecule is CCCCCCCCCCCCc1cc2ccccc2c2c1OS(=O)(=O)O2. The molecular weight excluding hydrogens is 360 g/mol. The van der Waals surface area contributed by atoms with Gasteiger partial charge in [-0.2, -0.15) is 0 Å². The summed E-state index contributed by atoms with van der Waals surface area (Å²) in [4.78, 5) is 0. The zero-order valence-electron chi connectivity index (χ0n) is 16.2. The maximum Gasteiger partial charge on any atom is 0.501 e. The van der Waals surface area contributed by atoms with Crippen LogP contribution >= 0.6 is 0 Å². The second kappa shape index (κ2) is 9.45. The Morgan fingerprint density at radius 2 is 1.37 bits per heavy atom. The molecule has 0 spiro atoms. The summed E-state index contributed by atoms with van der Waals surface area (Å²) in [6.45, 7) is 2.25. The molecule has 0 radical (unpaired) electrons. The average molecular weight is 391 g/mol. The monoisotopic (exact) mass is 390 g/mol. The maximum absolute atomic E-state index is 11.8. The van der Waals surface area contributed by atoms with Crippen molar-refractivity contribution in [3.63, 3.8) is 0 Å². The van der Waals surface area contributed by atoms with Crippen LogP contribution in [-0.4, -0.2) is 8.42 Å². The van der Waals surface area contributed by atoms with E-state index in [-0.39, 0.29) is 0 Å². The molecule has 0 N–H and O–H groups in total. The molecule has 0 bridgehead atoms. The van der Waals surface area contributed by atoms with Gasteiger partial charge in [0, 0.05) is 10.9 Å². The zero-order chi connectivity index (χ0) is 19.1. The molecule has 0 saturated heterocycles. The first kappa shape index (κ1) is 20.0. The summed E-state index contributed by atoms with van der Waals surface area (Å²) < 4.78 is 33.8. The summed E-state index contributed by atoms with van der Waals surface area (Å²) in [5.74, 6) is 0.722. The Kier molecular flexibility index (Phi) is 7.00. The van der Waals surface area contributed by atoms with E-state index in [1.165, 1.54) is 51.4 Å². The van der Waals surface area contributed by atoms with Gasteiger partial charge in [0.2, 0.25) is 0 Å². The molecule has 0 atom stereocenters. The van der Waals surface area contributed by atoms with Crippen molar-refractivity contribution < 1.29 is 16.8 Å². The van der Waals surface area contributed by atoms with Crippen LogP contribution in [0, 0.1) is 0 Å². The Labute approximate surface area is 163 Å². The van der Waals surface area contributed by atoms with Crippen molar-refractivity contribution in [2.45, 2.75) is 77.6 Å². The van der Waals surface area contributed by atoms with Gasteiger partial charge in [-0.15, -0.1) is 8.42 Å². The lowest BCUT2D eigenvalue weighted by atomic mass is 9.99. The minimum absolute atomic E-state index is 0.343. The molecule has 2 aromatic rings. The number of aryl methyl sites for hydroxylation is 1. The Bertz CT molecular complexity index is 858. The Morgan fingerprint density at radius 3 is 2.07 bits per heavy atom. The normalized spacial score (nSPS) is 14.7. The van der Waals surface area contributed by atoms with Crippen molar-refractivity contribution in [2.24, 2.45) is 0 Å². The van der Waals surface area contributed by atoms with Crippen molar-refractivity contribution >= 4 is 21.2 Å². The highest BCUT2D eigenvalue weighted by Crippen LogP contribution is 2.45. The molecule has 1 aliphatic heterocycles. The molecule has 0 aromatic heterocycles. The third-order valence-corrected chi connectivity index (χ3v) is 5.95. The topological polar surface area (TPSA) is 52.6 Å². The van der Waals surface area contributed by atoms with Gasteiger partial charge in [0.15, 0.2) is 11.5 Å². The van der Waals surface area contributed by atoms with Crippen LogP contribution in [0.2, 0.25) is 0 Å². The summed E-state index contributed by atoms with van der Waals surface area (Å²) in [5, 5.41) is 1.76. The van der Waals surface area contributed by atoms with Crippen LogP contribution in [-0.2, 0) is 16.8 Å². The Balaban J connectivity index is 1.51. The van der Waals surface area contributed by atoms with Crippen molar-refractivity contribution in [3.05, 3.63) is 35.9 Å². The lowest BCUT2D eigenvalue weighted by molar-refractivity contribution is 0.436. The minimum atomic E-state index is -3.97. The van der Waals surface area contributed by atoms with Crippen molar-refractivity contribution in [1.82, 2.24) is 0 Å². The fourth-order valence-electron chi connectivity index (χ4n) is 3.73. The maximum atomic E-state index is 11.8. The van der Waals surface area contributed by atoms with Crippen LogP contribution in [0.4, 0.5) is 0 Å². The van der Waals surface area contributed by atoms with Gasteiger partial charge in [0.1, 0.15) is 0 Å². The second-order valence-electron chi connectivity index (χ2n) is 7.42. The molecule has 0 saturated carbocycles. The fourth-order valence-corrected chi connectivity index (χ4v) is 4.53. The van der Waals surface area contributed by atoms with E-state index in [1.807, 2.05) is 30.3 Å². The zero-order valence-corrected chi connectivity index (χ0v) is 17.0. The van der Waals surface area contributed by atoms with Gasteiger partial charge < -0.3 is 8.37 Å². The lowest BCUT2D eigenvalue weighted by Gasteiger charge is -2.08. The fraction of sp³-hybridized carbons (Fsp3) is 0.545. The van der Waals surface area contributed by atoms with Crippen molar-refractivity contribution in [3.8, 4) is 11.5 Å². The third-order valence-electron chi connectivity index (χ3n) is 5.20.